The summed E-state index contributed by atoms with van der Waals surface area (Å²) in [4.78, 5) is 0. The largest absolute Gasteiger partial charge is 0.455 e. The molecule has 0 spiro atoms. The third-order valence-corrected chi connectivity index (χ3v) is 4.42. The minimum absolute atomic E-state index is 0.700. The van der Waals surface area contributed by atoms with Gasteiger partial charge in [-0.25, -0.2) is 0 Å². The molecule has 0 atom stereocenters. The third kappa shape index (κ3) is 3.64. The number of furan rings is 1. The van der Waals surface area contributed by atoms with Crippen LogP contribution in [0.5, 0.6) is 0 Å². The molecule has 3 nitrogen and oxygen atoms in total. The van der Waals surface area contributed by atoms with Crippen LogP contribution in [0.2, 0.25) is 0 Å². The number of rotatable bonds is 4. The number of fused-ring (bicyclic) bond motifs is 1. The van der Waals surface area contributed by atoms with Crippen molar-refractivity contribution in [3.05, 3.63) is 89.1 Å². The van der Waals surface area contributed by atoms with Gasteiger partial charge >= 0.3 is 0 Å². The molecule has 3 aromatic carbocycles. The first-order chi connectivity index (χ1) is 12.3. The molecule has 0 fully saturated rings. The van der Waals surface area contributed by atoms with Gasteiger partial charge in [-0.1, -0.05) is 58.4 Å². The summed E-state index contributed by atoms with van der Waals surface area (Å²) in [6.45, 7) is 0. The van der Waals surface area contributed by atoms with E-state index in [-0.39, 0.29) is 0 Å². The maximum absolute atomic E-state index is 5.81. The quantitative estimate of drug-likeness (QED) is 0.327. The molecule has 0 aliphatic heterocycles. The molecular weight excluding hydrogens is 376 g/mol. The van der Waals surface area contributed by atoms with E-state index in [9.17, 15) is 0 Å². The van der Waals surface area contributed by atoms with Gasteiger partial charge in [-0.15, -0.1) is 0 Å². The molecule has 0 radical (unpaired) electrons. The predicted molar refractivity (Wildman–Crippen MR) is 107 cm³/mol. The summed E-state index contributed by atoms with van der Waals surface area (Å²) >= 11 is 3.43. The number of hydrazone groups is 1. The Balaban J connectivity index is 1.47. The molecule has 0 bridgehead atoms. The van der Waals surface area contributed by atoms with Crippen LogP contribution < -0.4 is 5.43 Å². The van der Waals surface area contributed by atoms with Crippen LogP contribution in [0.1, 0.15) is 5.76 Å². The topological polar surface area (TPSA) is 37.5 Å². The van der Waals surface area contributed by atoms with Gasteiger partial charge in [0.2, 0.25) is 0 Å². The highest BCUT2D eigenvalue weighted by atomic mass is 79.9. The van der Waals surface area contributed by atoms with Crippen molar-refractivity contribution in [1.29, 1.82) is 0 Å². The first kappa shape index (κ1) is 15.7. The highest BCUT2D eigenvalue weighted by molar-refractivity contribution is 9.10. The Kier molecular flexibility index (Phi) is 4.36. The molecular formula is C21H15BrN2O. The van der Waals surface area contributed by atoms with E-state index in [0.717, 1.165) is 21.5 Å². The molecule has 1 heterocycles. The average Bonchev–Trinajstić information content (AvgIpc) is 3.11. The van der Waals surface area contributed by atoms with Crippen molar-refractivity contribution in [2.24, 2.45) is 5.10 Å². The fourth-order valence-electron chi connectivity index (χ4n) is 2.62. The van der Waals surface area contributed by atoms with Crippen LogP contribution >= 0.6 is 15.9 Å². The summed E-state index contributed by atoms with van der Waals surface area (Å²) in [6, 6.07) is 26.3. The first-order valence-corrected chi connectivity index (χ1v) is 8.71. The lowest BCUT2D eigenvalue weighted by Crippen LogP contribution is -1.89. The number of hydrogen-bond acceptors (Lipinski definition) is 3. The van der Waals surface area contributed by atoms with E-state index in [2.05, 4.69) is 50.7 Å². The molecule has 1 N–H and O–H groups in total. The molecule has 0 amide bonds. The SMILES string of the molecule is Brc1ccc(-c2ccc(C=NNc3ccc4ccccc4c3)o2)cc1. The van der Waals surface area contributed by atoms with Crippen LogP contribution in [0.15, 0.2) is 92.9 Å². The normalized spacial score (nSPS) is 11.2. The monoisotopic (exact) mass is 390 g/mol. The van der Waals surface area contributed by atoms with Crippen LogP contribution in [0.4, 0.5) is 5.69 Å². The zero-order valence-corrected chi connectivity index (χ0v) is 14.9. The molecule has 0 saturated carbocycles. The van der Waals surface area contributed by atoms with Crippen molar-refractivity contribution in [2.75, 3.05) is 5.43 Å². The number of halogens is 1. The summed E-state index contributed by atoms with van der Waals surface area (Å²) in [5, 5.41) is 6.65. The van der Waals surface area contributed by atoms with Crippen LogP contribution in [0, 0.1) is 0 Å². The minimum Gasteiger partial charge on any atom is -0.455 e. The van der Waals surface area contributed by atoms with Gasteiger partial charge in [-0.3, -0.25) is 5.43 Å². The fraction of sp³-hybridized carbons (Fsp3) is 0. The lowest BCUT2D eigenvalue weighted by atomic mass is 10.1. The lowest BCUT2D eigenvalue weighted by Gasteiger charge is -2.02. The number of nitrogens with zero attached hydrogens (tertiary/aromatic N) is 1. The highest BCUT2D eigenvalue weighted by Gasteiger charge is 2.03. The molecule has 0 aliphatic rings. The average molecular weight is 391 g/mol. The summed E-state index contributed by atoms with van der Waals surface area (Å²) in [6.07, 6.45) is 1.68. The van der Waals surface area contributed by atoms with E-state index < -0.39 is 0 Å². The molecule has 4 heteroatoms. The summed E-state index contributed by atoms with van der Waals surface area (Å²) < 4.78 is 6.86. The van der Waals surface area contributed by atoms with Gasteiger partial charge in [0.25, 0.3) is 0 Å². The molecule has 0 aliphatic carbocycles. The number of hydrogen-bond donors (Lipinski definition) is 1. The second-order valence-corrected chi connectivity index (χ2v) is 6.56. The van der Waals surface area contributed by atoms with Crippen molar-refractivity contribution >= 4 is 38.6 Å². The van der Waals surface area contributed by atoms with Crippen molar-refractivity contribution in [3.8, 4) is 11.3 Å². The smallest absolute Gasteiger partial charge is 0.147 e. The van der Waals surface area contributed by atoms with Gasteiger partial charge in [-0.2, -0.15) is 5.10 Å². The Morgan fingerprint density at radius 3 is 2.48 bits per heavy atom. The van der Waals surface area contributed by atoms with Gasteiger partial charge in [0.1, 0.15) is 11.5 Å². The maximum atomic E-state index is 5.81. The molecule has 122 valence electrons. The van der Waals surface area contributed by atoms with Gasteiger partial charge in [0, 0.05) is 10.0 Å². The zero-order chi connectivity index (χ0) is 17.1. The van der Waals surface area contributed by atoms with E-state index >= 15 is 0 Å². The summed E-state index contributed by atoms with van der Waals surface area (Å²) in [5.41, 5.74) is 5.02. The summed E-state index contributed by atoms with van der Waals surface area (Å²) in [5.74, 6) is 1.52. The Bertz CT molecular complexity index is 1040. The van der Waals surface area contributed by atoms with Crippen molar-refractivity contribution in [1.82, 2.24) is 0 Å². The lowest BCUT2D eigenvalue weighted by molar-refractivity contribution is 0.575. The number of nitrogens with one attached hydrogen (secondary N) is 1. The molecule has 25 heavy (non-hydrogen) atoms. The Hall–Kier alpha value is -2.85. The van der Waals surface area contributed by atoms with Crippen LogP contribution in [0.25, 0.3) is 22.1 Å². The van der Waals surface area contributed by atoms with E-state index in [4.69, 9.17) is 4.42 Å². The van der Waals surface area contributed by atoms with Crippen LogP contribution in [-0.4, -0.2) is 6.21 Å². The molecule has 4 rings (SSSR count). The maximum Gasteiger partial charge on any atom is 0.147 e. The van der Waals surface area contributed by atoms with Gasteiger partial charge in [0.05, 0.1) is 11.9 Å². The highest BCUT2D eigenvalue weighted by Crippen LogP contribution is 2.23. The second-order valence-electron chi connectivity index (χ2n) is 5.64. The standard InChI is InChI=1S/C21H15BrN2O/c22-18-8-5-16(6-9-18)21-12-11-20(25-21)14-23-24-19-10-7-15-3-1-2-4-17(15)13-19/h1-14,24H. The van der Waals surface area contributed by atoms with E-state index in [0.29, 0.717) is 5.76 Å². The predicted octanol–water partition coefficient (Wildman–Crippen LogP) is 6.31. The molecule has 1 aromatic heterocycles. The molecule has 4 aromatic rings. The van der Waals surface area contributed by atoms with Crippen molar-refractivity contribution in [3.63, 3.8) is 0 Å². The number of benzene rings is 3. The Labute approximate surface area is 154 Å². The molecule has 0 unspecified atom stereocenters. The fourth-order valence-corrected chi connectivity index (χ4v) is 2.89. The molecule has 0 saturated heterocycles. The van der Waals surface area contributed by atoms with Crippen molar-refractivity contribution in [2.45, 2.75) is 0 Å². The van der Waals surface area contributed by atoms with Crippen molar-refractivity contribution < 1.29 is 4.42 Å². The van der Waals surface area contributed by atoms with E-state index in [1.165, 1.54) is 10.8 Å². The van der Waals surface area contributed by atoms with E-state index in [1.54, 1.807) is 6.21 Å². The zero-order valence-electron chi connectivity index (χ0n) is 13.3. The summed E-state index contributed by atoms with van der Waals surface area (Å²) in [7, 11) is 0. The van der Waals surface area contributed by atoms with Crippen LogP contribution in [-0.2, 0) is 0 Å². The van der Waals surface area contributed by atoms with Gasteiger partial charge in [-0.05, 0) is 47.2 Å². The Morgan fingerprint density at radius 1 is 0.840 bits per heavy atom. The minimum atomic E-state index is 0.700. The Morgan fingerprint density at radius 2 is 1.64 bits per heavy atom. The first-order valence-electron chi connectivity index (χ1n) is 7.92. The third-order valence-electron chi connectivity index (χ3n) is 3.89. The second kappa shape index (κ2) is 6.95. The van der Waals surface area contributed by atoms with Gasteiger partial charge in [0.15, 0.2) is 0 Å². The van der Waals surface area contributed by atoms with Gasteiger partial charge < -0.3 is 4.42 Å². The number of anilines is 1. The van der Waals surface area contributed by atoms with E-state index in [1.807, 2.05) is 54.6 Å². The van der Waals surface area contributed by atoms with Crippen LogP contribution in [0.3, 0.4) is 0 Å².